The second kappa shape index (κ2) is 6.95. The molecule has 1 unspecified atom stereocenters. The Labute approximate surface area is 129 Å². The standard InChI is InChI=1S/C17H31N3O/c1-14(2)20-8-9-21-16(13-20)12-19-7-6-15(11-19)10-18-17(3,4)5/h6-7,11,14,16,18H,8-10,12-13H2,1-5H3. The van der Waals surface area contributed by atoms with Crippen molar-refractivity contribution in [2.24, 2.45) is 0 Å². The van der Waals surface area contributed by atoms with Crippen molar-refractivity contribution in [3.05, 3.63) is 24.0 Å². The average molecular weight is 293 g/mol. The third-order valence-corrected chi connectivity index (χ3v) is 3.95. The molecule has 0 saturated carbocycles. The van der Waals surface area contributed by atoms with Gasteiger partial charge in [0.2, 0.25) is 0 Å². The van der Waals surface area contributed by atoms with E-state index in [0.29, 0.717) is 12.1 Å². The van der Waals surface area contributed by atoms with E-state index < -0.39 is 0 Å². The van der Waals surface area contributed by atoms with Gasteiger partial charge in [0.25, 0.3) is 0 Å². The molecule has 0 aromatic carbocycles. The van der Waals surface area contributed by atoms with E-state index in [-0.39, 0.29) is 5.54 Å². The third kappa shape index (κ3) is 5.46. The SMILES string of the molecule is CC(C)N1CCOC(Cn2ccc(CNC(C)(C)C)c2)C1. The van der Waals surface area contributed by atoms with Crippen molar-refractivity contribution in [2.45, 2.75) is 65.4 Å². The van der Waals surface area contributed by atoms with Crippen LogP contribution >= 0.6 is 0 Å². The fourth-order valence-corrected chi connectivity index (χ4v) is 2.63. The molecule has 0 aliphatic carbocycles. The van der Waals surface area contributed by atoms with E-state index in [1.54, 1.807) is 0 Å². The Kier molecular flexibility index (Phi) is 5.47. The molecule has 0 amide bonds. The van der Waals surface area contributed by atoms with E-state index in [9.17, 15) is 0 Å². The highest BCUT2D eigenvalue weighted by Crippen LogP contribution is 2.12. The Bertz CT molecular complexity index is 433. The van der Waals surface area contributed by atoms with Gasteiger partial charge in [-0.3, -0.25) is 4.90 Å². The Hall–Kier alpha value is -0.840. The van der Waals surface area contributed by atoms with Gasteiger partial charge >= 0.3 is 0 Å². The predicted octanol–water partition coefficient (Wildman–Crippen LogP) is 2.49. The number of nitrogens with zero attached hydrogens (tertiary/aromatic N) is 2. The molecule has 1 aliphatic rings. The second-order valence-electron chi connectivity index (χ2n) is 7.40. The van der Waals surface area contributed by atoms with Gasteiger partial charge in [-0.15, -0.1) is 0 Å². The molecule has 120 valence electrons. The molecule has 1 fully saturated rings. The molecular formula is C17H31N3O. The quantitative estimate of drug-likeness (QED) is 0.904. The zero-order chi connectivity index (χ0) is 15.5. The number of rotatable bonds is 5. The van der Waals surface area contributed by atoms with Crippen LogP contribution in [0.25, 0.3) is 0 Å². The fourth-order valence-electron chi connectivity index (χ4n) is 2.63. The summed E-state index contributed by atoms with van der Waals surface area (Å²) in [5.74, 6) is 0. The van der Waals surface area contributed by atoms with E-state index in [2.05, 4.69) is 67.9 Å². The van der Waals surface area contributed by atoms with Crippen LogP contribution in [-0.4, -0.2) is 46.8 Å². The number of hydrogen-bond acceptors (Lipinski definition) is 3. The molecule has 0 radical (unpaired) electrons. The first-order valence-electron chi connectivity index (χ1n) is 8.09. The van der Waals surface area contributed by atoms with Gasteiger partial charge in [-0.25, -0.2) is 0 Å². The summed E-state index contributed by atoms with van der Waals surface area (Å²) in [6, 6.07) is 2.80. The van der Waals surface area contributed by atoms with Crippen LogP contribution < -0.4 is 5.32 Å². The van der Waals surface area contributed by atoms with Crippen LogP contribution in [0, 0.1) is 0 Å². The van der Waals surface area contributed by atoms with Crippen molar-refractivity contribution in [2.75, 3.05) is 19.7 Å². The van der Waals surface area contributed by atoms with E-state index in [4.69, 9.17) is 4.74 Å². The maximum Gasteiger partial charge on any atom is 0.0881 e. The molecule has 1 aliphatic heterocycles. The minimum absolute atomic E-state index is 0.159. The summed E-state index contributed by atoms with van der Waals surface area (Å²) in [6.07, 6.45) is 4.70. The first-order valence-corrected chi connectivity index (χ1v) is 8.09. The van der Waals surface area contributed by atoms with Crippen LogP contribution in [0.5, 0.6) is 0 Å². The molecular weight excluding hydrogens is 262 g/mol. The van der Waals surface area contributed by atoms with Crippen LogP contribution in [0.15, 0.2) is 18.5 Å². The van der Waals surface area contributed by atoms with Gasteiger partial charge in [0, 0.05) is 50.2 Å². The van der Waals surface area contributed by atoms with Crippen molar-refractivity contribution in [3.8, 4) is 0 Å². The van der Waals surface area contributed by atoms with E-state index >= 15 is 0 Å². The lowest BCUT2D eigenvalue weighted by Gasteiger charge is -2.35. The van der Waals surface area contributed by atoms with Gasteiger partial charge in [-0.1, -0.05) is 0 Å². The summed E-state index contributed by atoms with van der Waals surface area (Å²) in [4.78, 5) is 2.50. The first-order chi connectivity index (χ1) is 9.83. The van der Waals surface area contributed by atoms with E-state index in [1.165, 1.54) is 5.56 Å². The third-order valence-electron chi connectivity index (χ3n) is 3.95. The summed E-state index contributed by atoms with van der Waals surface area (Å²) in [5.41, 5.74) is 1.49. The van der Waals surface area contributed by atoms with Crippen molar-refractivity contribution in [1.82, 2.24) is 14.8 Å². The summed E-state index contributed by atoms with van der Waals surface area (Å²) in [6.45, 7) is 15.9. The van der Waals surface area contributed by atoms with Gasteiger partial charge in [0.15, 0.2) is 0 Å². The molecule has 0 bridgehead atoms. The van der Waals surface area contributed by atoms with Gasteiger partial charge in [0.1, 0.15) is 0 Å². The zero-order valence-electron chi connectivity index (χ0n) is 14.2. The predicted molar refractivity (Wildman–Crippen MR) is 87.5 cm³/mol. The van der Waals surface area contributed by atoms with E-state index in [1.807, 2.05) is 0 Å². The first kappa shape index (κ1) is 16.5. The average Bonchev–Trinajstić information content (AvgIpc) is 2.83. The molecule has 1 aromatic heterocycles. The lowest BCUT2D eigenvalue weighted by Crippen LogP contribution is -2.47. The minimum atomic E-state index is 0.159. The number of nitrogens with one attached hydrogen (secondary N) is 1. The molecule has 2 heterocycles. The minimum Gasteiger partial charge on any atom is -0.374 e. The van der Waals surface area contributed by atoms with Gasteiger partial charge in [0.05, 0.1) is 12.7 Å². The highest BCUT2D eigenvalue weighted by molar-refractivity contribution is 5.10. The molecule has 1 N–H and O–H groups in total. The van der Waals surface area contributed by atoms with Gasteiger partial charge in [-0.05, 0) is 46.2 Å². The van der Waals surface area contributed by atoms with Crippen molar-refractivity contribution >= 4 is 0 Å². The highest BCUT2D eigenvalue weighted by atomic mass is 16.5. The molecule has 4 nitrogen and oxygen atoms in total. The maximum atomic E-state index is 5.91. The maximum absolute atomic E-state index is 5.91. The number of aromatic nitrogens is 1. The second-order valence-corrected chi connectivity index (χ2v) is 7.40. The molecule has 4 heteroatoms. The van der Waals surface area contributed by atoms with E-state index in [0.717, 1.165) is 32.8 Å². The van der Waals surface area contributed by atoms with Crippen LogP contribution in [0.2, 0.25) is 0 Å². The van der Waals surface area contributed by atoms with Gasteiger partial charge in [-0.2, -0.15) is 0 Å². The number of hydrogen-bond donors (Lipinski definition) is 1. The normalized spacial score (nSPS) is 21.1. The Morgan fingerprint density at radius 3 is 2.81 bits per heavy atom. The lowest BCUT2D eigenvalue weighted by atomic mass is 10.1. The van der Waals surface area contributed by atoms with Crippen molar-refractivity contribution in [1.29, 1.82) is 0 Å². The Morgan fingerprint density at radius 1 is 1.38 bits per heavy atom. The summed E-state index contributed by atoms with van der Waals surface area (Å²) in [5, 5.41) is 3.52. The van der Waals surface area contributed by atoms with Crippen LogP contribution in [-0.2, 0) is 17.8 Å². The monoisotopic (exact) mass is 293 g/mol. The fraction of sp³-hybridized carbons (Fsp3) is 0.765. The zero-order valence-corrected chi connectivity index (χ0v) is 14.2. The van der Waals surface area contributed by atoms with Crippen LogP contribution in [0.1, 0.15) is 40.2 Å². The molecule has 1 aromatic rings. The molecule has 0 spiro atoms. The summed E-state index contributed by atoms with van der Waals surface area (Å²) < 4.78 is 8.17. The van der Waals surface area contributed by atoms with Crippen molar-refractivity contribution < 1.29 is 4.74 Å². The molecule has 21 heavy (non-hydrogen) atoms. The van der Waals surface area contributed by atoms with Crippen LogP contribution in [0.4, 0.5) is 0 Å². The smallest absolute Gasteiger partial charge is 0.0881 e. The Balaban J connectivity index is 1.84. The summed E-state index contributed by atoms with van der Waals surface area (Å²) >= 11 is 0. The topological polar surface area (TPSA) is 29.4 Å². The largest absolute Gasteiger partial charge is 0.374 e. The number of morpholine rings is 1. The van der Waals surface area contributed by atoms with Crippen molar-refractivity contribution in [3.63, 3.8) is 0 Å². The molecule has 2 rings (SSSR count). The van der Waals surface area contributed by atoms with Gasteiger partial charge < -0.3 is 14.6 Å². The lowest BCUT2D eigenvalue weighted by molar-refractivity contribution is -0.0455. The molecule has 1 saturated heterocycles. The Morgan fingerprint density at radius 2 is 2.14 bits per heavy atom. The number of ether oxygens (including phenoxy) is 1. The highest BCUT2D eigenvalue weighted by Gasteiger charge is 2.22. The summed E-state index contributed by atoms with van der Waals surface area (Å²) in [7, 11) is 0. The molecule has 1 atom stereocenters. The van der Waals surface area contributed by atoms with Crippen LogP contribution in [0.3, 0.4) is 0 Å².